The van der Waals surface area contributed by atoms with Gasteiger partial charge < -0.3 is 26.8 Å². The molecule has 0 amide bonds. The molecule has 0 bridgehead atoms. The largest absolute Gasteiger partial charge is 0.496 e. The van der Waals surface area contributed by atoms with Crippen LogP contribution in [0.5, 0.6) is 5.75 Å². The third-order valence-electron chi connectivity index (χ3n) is 5.80. The predicted octanol–water partition coefficient (Wildman–Crippen LogP) is 2.60. The molecule has 2 heterocycles. The Morgan fingerprint density at radius 1 is 1.29 bits per heavy atom. The lowest BCUT2D eigenvalue weighted by Gasteiger charge is -2.26. The van der Waals surface area contributed by atoms with Crippen molar-refractivity contribution in [3.63, 3.8) is 0 Å². The van der Waals surface area contributed by atoms with Crippen molar-refractivity contribution in [1.29, 1.82) is 0 Å². The van der Waals surface area contributed by atoms with Gasteiger partial charge in [0.25, 0.3) is 0 Å². The molecule has 4 rings (SSSR count). The molecule has 0 radical (unpaired) electrons. The summed E-state index contributed by atoms with van der Waals surface area (Å²) in [6.45, 7) is 3.46. The third-order valence-corrected chi connectivity index (χ3v) is 5.80. The normalized spacial score (nSPS) is 15.1. The Kier molecular flexibility index (Phi) is 6.53. The number of ether oxygens (including phenoxy) is 1. The summed E-state index contributed by atoms with van der Waals surface area (Å²) in [6.07, 6.45) is 7.14. The van der Waals surface area contributed by atoms with Crippen molar-refractivity contribution in [2.75, 3.05) is 18.2 Å². The Morgan fingerprint density at radius 3 is 2.84 bits per heavy atom. The standard InChI is InChI=1S/C22H32N8O/c1-3-5-19(23)28-21-20-17(27-22(24)29-21)12-26-30(20)13-15-9-8-14(10-18(15)31-2)11-25-16-6-4-7-16/h8-10,12,16,19,25H,3-7,11,13,23H2,1-2H3,(H3,24,27,28,29). The lowest BCUT2D eigenvalue weighted by molar-refractivity contribution is 0.338. The Hall–Kier alpha value is -2.91. The molecule has 1 atom stereocenters. The zero-order chi connectivity index (χ0) is 21.8. The number of aromatic nitrogens is 4. The minimum atomic E-state index is -0.220. The number of hydrogen-bond acceptors (Lipinski definition) is 8. The summed E-state index contributed by atoms with van der Waals surface area (Å²) in [5.41, 5.74) is 15.8. The second kappa shape index (κ2) is 9.49. The lowest BCUT2D eigenvalue weighted by Crippen LogP contribution is -2.34. The van der Waals surface area contributed by atoms with Gasteiger partial charge in [-0.05, 0) is 30.9 Å². The molecule has 1 aliphatic rings. The Morgan fingerprint density at radius 2 is 2.13 bits per heavy atom. The molecule has 0 saturated heterocycles. The lowest BCUT2D eigenvalue weighted by atomic mass is 9.93. The van der Waals surface area contributed by atoms with Crippen LogP contribution in [0, 0.1) is 0 Å². The van der Waals surface area contributed by atoms with Crippen LogP contribution in [0.1, 0.15) is 50.2 Å². The summed E-state index contributed by atoms with van der Waals surface area (Å²) in [4.78, 5) is 8.71. The first-order valence-electron chi connectivity index (χ1n) is 11.0. The minimum Gasteiger partial charge on any atom is -0.496 e. The molecule has 0 aliphatic heterocycles. The first-order chi connectivity index (χ1) is 15.1. The van der Waals surface area contributed by atoms with Crippen LogP contribution in [0.15, 0.2) is 24.4 Å². The topological polar surface area (TPSA) is 129 Å². The van der Waals surface area contributed by atoms with Gasteiger partial charge in [0.05, 0.1) is 26.0 Å². The van der Waals surface area contributed by atoms with E-state index in [9.17, 15) is 0 Å². The van der Waals surface area contributed by atoms with Crippen LogP contribution in [0.3, 0.4) is 0 Å². The number of rotatable bonds is 10. The molecule has 1 aromatic carbocycles. The molecule has 9 nitrogen and oxygen atoms in total. The summed E-state index contributed by atoms with van der Waals surface area (Å²) in [5, 5.41) is 11.4. The molecule has 1 saturated carbocycles. The minimum absolute atomic E-state index is 0.194. The van der Waals surface area contributed by atoms with Crippen LogP contribution in [-0.4, -0.2) is 39.1 Å². The maximum atomic E-state index is 6.19. The summed E-state index contributed by atoms with van der Waals surface area (Å²) >= 11 is 0. The molecule has 1 fully saturated rings. The second-order valence-electron chi connectivity index (χ2n) is 8.16. The molecule has 1 aliphatic carbocycles. The number of methoxy groups -OCH3 is 1. The van der Waals surface area contributed by atoms with E-state index in [-0.39, 0.29) is 12.1 Å². The number of nitrogen functional groups attached to an aromatic ring is 1. The first kappa shape index (κ1) is 21.3. The molecule has 31 heavy (non-hydrogen) atoms. The van der Waals surface area contributed by atoms with Crippen molar-refractivity contribution in [1.82, 2.24) is 25.1 Å². The number of nitrogens with one attached hydrogen (secondary N) is 2. The van der Waals surface area contributed by atoms with Gasteiger partial charge in [-0.3, -0.25) is 4.68 Å². The maximum absolute atomic E-state index is 6.19. The van der Waals surface area contributed by atoms with Crippen LogP contribution in [0.2, 0.25) is 0 Å². The van der Waals surface area contributed by atoms with Gasteiger partial charge >= 0.3 is 0 Å². The molecule has 0 spiro atoms. The predicted molar refractivity (Wildman–Crippen MR) is 123 cm³/mol. The third kappa shape index (κ3) is 4.88. The van der Waals surface area contributed by atoms with E-state index < -0.39 is 0 Å². The average molecular weight is 425 g/mol. The highest BCUT2D eigenvalue weighted by atomic mass is 16.5. The zero-order valence-electron chi connectivity index (χ0n) is 18.3. The van der Waals surface area contributed by atoms with Crippen molar-refractivity contribution >= 4 is 22.8 Å². The smallest absolute Gasteiger partial charge is 0.222 e. The SMILES string of the molecule is CCCC(N)Nc1nc(N)nc2cnn(Cc3ccc(CNC4CCC4)cc3OC)c12. The summed E-state index contributed by atoms with van der Waals surface area (Å²) in [5.74, 6) is 1.63. The van der Waals surface area contributed by atoms with Gasteiger partial charge in [0.15, 0.2) is 5.82 Å². The van der Waals surface area contributed by atoms with E-state index in [0.717, 1.165) is 36.2 Å². The Bertz CT molecular complexity index is 1030. The summed E-state index contributed by atoms with van der Waals surface area (Å²) < 4.78 is 7.55. The van der Waals surface area contributed by atoms with Gasteiger partial charge in [-0.15, -0.1) is 0 Å². The molecular formula is C22H32N8O. The number of nitrogens with two attached hydrogens (primary N) is 2. The summed E-state index contributed by atoms with van der Waals surface area (Å²) in [6, 6.07) is 6.98. The van der Waals surface area contributed by atoms with Gasteiger partial charge in [-0.2, -0.15) is 10.1 Å². The molecule has 6 N–H and O–H groups in total. The molecule has 3 aromatic rings. The molecule has 9 heteroatoms. The average Bonchev–Trinajstić information content (AvgIpc) is 3.10. The fourth-order valence-corrected chi connectivity index (χ4v) is 3.86. The maximum Gasteiger partial charge on any atom is 0.222 e. The first-order valence-corrected chi connectivity index (χ1v) is 11.0. The summed E-state index contributed by atoms with van der Waals surface area (Å²) in [7, 11) is 1.70. The van der Waals surface area contributed by atoms with E-state index in [1.54, 1.807) is 13.3 Å². The number of fused-ring (bicyclic) bond motifs is 1. The van der Waals surface area contributed by atoms with Crippen molar-refractivity contribution in [3.8, 4) is 5.75 Å². The van der Waals surface area contributed by atoms with Crippen LogP contribution in [-0.2, 0) is 13.1 Å². The van der Waals surface area contributed by atoms with Gasteiger partial charge in [0.2, 0.25) is 5.95 Å². The van der Waals surface area contributed by atoms with Gasteiger partial charge in [-0.1, -0.05) is 31.9 Å². The van der Waals surface area contributed by atoms with Gasteiger partial charge in [-0.25, -0.2) is 4.98 Å². The Balaban J connectivity index is 1.58. The number of anilines is 2. The monoisotopic (exact) mass is 424 g/mol. The fraction of sp³-hybridized carbons (Fsp3) is 0.500. The van der Waals surface area contributed by atoms with Crippen LogP contribution < -0.4 is 26.8 Å². The van der Waals surface area contributed by atoms with Gasteiger partial charge in [0.1, 0.15) is 16.8 Å². The fourth-order valence-electron chi connectivity index (χ4n) is 3.86. The number of nitrogens with zero attached hydrogens (tertiary/aromatic N) is 4. The van der Waals surface area contributed by atoms with Crippen molar-refractivity contribution in [3.05, 3.63) is 35.5 Å². The van der Waals surface area contributed by atoms with Crippen molar-refractivity contribution in [2.24, 2.45) is 5.73 Å². The van der Waals surface area contributed by atoms with Crippen LogP contribution in [0.4, 0.5) is 11.8 Å². The highest BCUT2D eigenvalue weighted by molar-refractivity contribution is 5.86. The molecule has 2 aromatic heterocycles. The van der Waals surface area contributed by atoms with Crippen LogP contribution >= 0.6 is 0 Å². The van der Waals surface area contributed by atoms with Crippen molar-refractivity contribution in [2.45, 2.75) is 64.3 Å². The van der Waals surface area contributed by atoms with E-state index in [0.29, 0.717) is 23.9 Å². The zero-order valence-corrected chi connectivity index (χ0v) is 18.3. The quantitative estimate of drug-likeness (QED) is 0.366. The molecule has 1 unspecified atom stereocenters. The van der Waals surface area contributed by atoms with E-state index in [2.05, 4.69) is 50.8 Å². The molecular weight excluding hydrogens is 392 g/mol. The van der Waals surface area contributed by atoms with E-state index in [1.807, 2.05) is 4.68 Å². The van der Waals surface area contributed by atoms with E-state index >= 15 is 0 Å². The van der Waals surface area contributed by atoms with Gasteiger partial charge in [0, 0.05) is 18.2 Å². The van der Waals surface area contributed by atoms with E-state index in [1.165, 1.54) is 24.8 Å². The second-order valence-corrected chi connectivity index (χ2v) is 8.16. The highest BCUT2D eigenvalue weighted by Crippen LogP contribution is 2.26. The van der Waals surface area contributed by atoms with Crippen molar-refractivity contribution < 1.29 is 4.74 Å². The number of hydrogen-bond donors (Lipinski definition) is 4. The Labute approximate surface area is 182 Å². The number of benzene rings is 1. The van der Waals surface area contributed by atoms with E-state index in [4.69, 9.17) is 16.2 Å². The molecule has 166 valence electrons. The highest BCUT2D eigenvalue weighted by Gasteiger charge is 2.18. The van der Waals surface area contributed by atoms with Crippen LogP contribution in [0.25, 0.3) is 11.0 Å².